The van der Waals surface area contributed by atoms with Crippen molar-refractivity contribution in [1.29, 1.82) is 0 Å². The number of hydrogen-bond acceptors (Lipinski definition) is 7. The number of rotatable bonds is 5. The van der Waals surface area contributed by atoms with Crippen LogP contribution in [-0.2, 0) is 11.3 Å². The number of piperazine rings is 1. The van der Waals surface area contributed by atoms with Crippen molar-refractivity contribution in [3.63, 3.8) is 0 Å². The Labute approximate surface area is 180 Å². The molecule has 1 amide bonds. The fourth-order valence-corrected chi connectivity index (χ4v) is 3.47. The first-order chi connectivity index (χ1) is 15.0. The van der Waals surface area contributed by atoms with Gasteiger partial charge < -0.3 is 9.80 Å². The van der Waals surface area contributed by atoms with Gasteiger partial charge in [-0.15, -0.1) is 10.2 Å². The van der Waals surface area contributed by atoms with Gasteiger partial charge in [0.05, 0.1) is 17.7 Å². The van der Waals surface area contributed by atoms with Crippen LogP contribution in [0.4, 0.5) is 5.82 Å². The van der Waals surface area contributed by atoms with Crippen LogP contribution in [-0.4, -0.2) is 61.7 Å². The van der Waals surface area contributed by atoms with E-state index in [1.807, 2.05) is 38.1 Å². The molecule has 4 heterocycles. The van der Waals surface area contributed by atoms with Crippen molar-refractivity contribution < 1.29 is 4.79 Å². The molecule has 1 saturated heterocycles. The molecule has 0 atom stereocenters. The second kappa shape index (κ2) is 9.03. The Balaban J connectivity index is 1.34. The van der Waals surface area contributed by atoms with Crippen LogP contribution in [0.25, 0.3) is 11.3 Å². The van der Waals surface area contributed by atoms with Gasteiger partial charge >= 0.3 is 0 Å². The molecule has 160 valence electrons. The molecule has 4 rings (SSSR count). The minimum absolute atomic E-state index is 0.00379. The van der Waals surface area contributed by atoms with Crippen molar-refractivity contribution >= 4 is 11.7 Å². The highest BCUT2D eigenvalue weighted by Gasteiger charge is 2.22. The Hall–Kier alpha value is -3.62. The van der Waals surface area contributed by atoms with E-state index in [1.165, 1.54) is 17.0 Å². The van der Waals surface area contributed by atoms with Crippen LogP contribution in [0.5, 0.6) is 0 Å². The minimum Gasteiger partial charge on any atom is -0.352 e. The largest absolute Gasteiger partial charge is 0.352 e. The van der Waals surface area contributed by atoms with Crippen LogP contribution >= 0.6 is 0 Å². The van der Waals surface area contributed by atoms with Crippen molar-refractivity contribution in [2.24, 2.45) is 0 Å². The maximum atomic E-state index is 12.7. The molecule has 1 aliphatic heterocycles. The first kappa shape index (κ1) is 20.6. The third-order valence-electron chi connectivity index (χ3n) is 5.36. The third-order valence-corrected chi connectivity index (χ3v) is 5.36. The summed E-state index contributed by atoms with van der Waals surface area (Å²) in [5.74, 6) is 0.871. The van der Waals surface area contributed by atoms with Crippen molar-refractivity contribution in [2.75, 3.05) is 31.1 Å². The number of hydrogen-bond donors (Lipinski definition) is 0. The molecule has 31 heavy (non-hydrogen) atoms. The molecule has 0 aliphatic carbocycles. The smallest absolute Gasteiger partial charge is 0.254 e. The topological polar surface area (TPSA) is 97.1 Å². The third kappa shape index (κ3) is 4.76. The lowest BCUT2D eigenvalue weighted by atomic mass is 10.1. The second-order valence-electron chi connectivity index (χ2n) is 7.82. The first-order valence-electron chi connectivity index (χ1n) is 10.3. The summed E-state index contributed by atoms with van der Waals surface area (Å²) in [5, 5.41) is 8.65. The summed E-state index contributed by atoms with van der Waals surface area (Å²) in [6.07, 6.45) is 4.94. The van der Waals surface area contributed by atoms with E-state index < -0.39 is 0 Å². The molecule has 1 fully saturated rings. The van der Waals surface area contributed by atoms with Crippen LogP contribution in [0.2, 0.25) is 0 Å². The monoisotopic (exact) mass is 419 g/mol. The fourth-order valence-electron chi connectivity index (χ4n) is 3.47. The van der Waals surface area contributed by atoms with E-state index in [1.54, 1.807) is 17.3 Å². The van der Waals surface area contributed by atoms with E-state index in [9.17, 15) is 9.59 Å². The van der Waals surface area contributed by atoms with E-state index in [2.05, 4.69) is 25.1 Å². The Bertz CT molecular complexity index is 1090. The molecular weight excluding hydrogens is 394 g/mol. The molecule has 9 nitrogen and oxygen atoms in total. The molecule has 0 radical (unpaired) electrons. The Morgan fingerprint density at radius 1 is 1.10 bits per heavy atom. The zero-order chi connectivity index (χ0) is 21.8. The summed E-state index contributed by atoms with van der Waals surface area (Å²) in [7, 11) is 0. The summed E-state index contributed by atoms with van der Waals surface area (Å²) in [4.78, 5) is 37.2. The van der Waals surface area contributed by atoms with E-state index in [-0.39, 0.29) is 23.9 Å². The highest BCUT2D eigenvalue weighted by atomic mass is 16.2. The number of amides is 1. The summed E-state index contributed by atoms with van der Waals surface area (Å²) < 4.78 is 1.36. The predicted molar refractivity (Wildman–Crippen MR) is 117 cm³/mol. The molecule has 0 saturated carbocycles. The molecule has 1 aliphatic rings. The van der Waals surface area contributed by atoms with Crippen molar-refractivity contribution in [1.82, 2.24) is 29.6 Å². The van der Waals surface area contributed by atoms with Crippen LogP contribution in [0, 0.1) is 0 Å². The average Bonchev–Trinajstić information content (AvgIpc) is 2.81. The Morgan fingerprint density at radius 3 is 2.52 bits per heavy atom. The highest BCUT2D eigenvalue weighted by molar-refractivity contribution is 5.76. The Morgan fingerprint density at radius 2 is 1.90 bits per heavy atom. The van der Waals surface area contributed by atoms with Crippen LogP contribution in [0.1, 0.15) is 25.5 Å². The lowest BCUT2D eigenvalue weighted by Gasteiger charge is -2.35. The van der Waals surface area contributed by atoms with Gasteiger partial charge in [-0.2, -0.15) is 0 Å². The van der Waals surface area contributed by atoms with Gasteiger partial charge in [0.1, 0.15) is 6.54 Å². The van der Waals surface area contributed by atoms with Crippen LogP contribution in [0.3, 0.4) is 0 Å². The zero-order valence-electron chi connectivity index (χ0n) is 17.7. The first-order valence-corrected chi connectivity index (χ1v) is 10.3. The summed E-state index contributed by atoms with van der Waals surface area (Å²) in [5.41, 5.74) is 2.23. The zero-order valence-corrected chi connectivity index (χ0v) is 17.7. The van der Waals surface area contributed by atoms with E-state index >= 15 is 0 Å². The van der Waals surface area contributed by atoms with Gasteiger partial charge in [-0.25, -0.2) is 4.98 Å². The molecule has 0 bridgehead atoms. The number of pyridine rings is 1. The van der Waals surface area contributed by atoms with E-state index in [0.29, 0.717) is 26.2 Å². The minimum atomic E-state index is -0.199. The average molecular weight is 419 g/mol. The SMILES string of the molecule is CC(C)c1cc(=O)n(CC(=O)N2CCN(c3ccc(-c4cccnc4)nn3)CC2)cn1. The van der Waals surface area contributed by atoms with Gasteiger partial charge in [-0.3, -0.25) is 19.1 Å². The van der Waals surface area contributed by atoms with Gasteiger partial charge in [-0.1, -0.05) is 13.8 Å². The lowest BCUT2D eigenvalue weighted by Crippen LogP contribution is -2.50. The highest BCUT2D eigenvalue weighted by Crippen LogP contribution is 2.18. The standard InChI is InChI=1S/C22H25N7O2/c1-16(2)19-12-21(30)29(15-24-19)14-22(31)28-10-8-27(9-11-28)20-6-5-18(25-26-20)17-4-3-7-23-13-17/h3-7,12-13,15-16H,8-11,14H2,1-2H3. The van der Waals surface area contributed by atoms with Gasteiger partial charge in [0, 0.05) is 50.2 Å². The van der Waals surface area contributed by atoms with E-state index in [0.717, 1.165) is 22.8 Å². The number of carbonyl (C=O) groups excluding carboxylic acids is 1. The molecule has 0 N–H and O–H groups in total. The van der Waals surface area contributed by atoms with Gasteiger partial charge in [-0.05, 0) is 30.2 Å². The van der Waals surface area contributed by atoms with Gasteiger partial charge in [0.2, 0.25) is 5.91 Å². The summed E-state index contributed by atoms with van der Waals surface area (Å²) in [6.45, 7) is 6.41. The van der Waals surface area contributed by atoms with Crippen LogP contribution in [0.15, 0.2) is 53.8 Å². The quantitative estimate of drug-likeness (QED) is 0.619. The summed E-state index contributed by atoms with van der Waals surface area (Å²) >= 11 is 0. The maximum absolute atomic E-state index is 12.7. The number of anilines is 1. The number of nitrogens with zero attached hydrogens (tertiary/aromatic N) is 7. The van der Waals surface area contributed by atoms with Gasteiger partial charge in [0.25, 0.3) is 5.56 Å². The lowest BCUT2D eigenvalue weighted by molar-refractivity contribution is -0.132. The maximum Gasteiger partial charge on any atom is 0.254 e. The fraction of sp³-hybridized carbons (Fsp3) is 0.364. The van der Waals surface area contributed by atoms with Crippen molar-refractivity contribution in [3.05, 3.63) is 65.1 Å². The van der Waals surface area contributed by atoms with Crippen molar-refractivity contribution in [2.45, 2.75) is 26.3 Å². The van der Waals surface area contributed by atoms with E-state index in [4.69, 9.17) is 0 Å². The van der Waals surface area contributed by atoms with Gasteiger partial charge in [0.15, 0.2) is 5.82 Å². The molecule has 9 heteroatoms. The molecule has 3 aromatic rings. The Kier molecular flexibility index (Phi) is 6.01. The molecule has 3 aromatic heterocycles. The second-order valence-corrected chi connectivity index (χ2v) is 7.82. The number of carbonyl (C=O) groups is 1. The normalized spacial score (nSPS) is 14.2. The molecule has 0 spiro atoms. The van der Waals surface area contributed by atoms with Crippen molar-refractivity contribution in [3.8, 4) is 11.3 Å². The molecule has 0 aromatic carbocycles. The summed E-state index contributed by atoms with van der Waals surface area (Å²) in [6, 6.07) is 9.18. The molecule has 0 unspecified atom stereocenters. The van der Waals surface area contributed by atoms with Crippen LogP contribution < -0.4 is 10.5 Å². The molecular formula is C22H25N7O2. The predicted octanol–water partition coefficient (Wildman–Crippen LogP) is 1.57. The number of aromatic nitrogens is 5.